The van der Waals surface area contributed by atoms with Crippen molar-refractivity contribution in [2.45, 2.75) is 39.0 Å². The molecule has 0 aromatic rings. The molecule has 1 heterocycles. The number of hydrogen-bond acceptors (Lipinski definition) is 0. The molecule has 0 radical (unpaired) electrons. The molecule has 0 aliphatic carbocycles. The van der Waals surface area contributed by atoms with Gasteiger partial charge in [0.15, 0.2) is 0 Å². The molecule has 0 aromatic carbocycles. The van der Waals surface area contributed by atoms with E-state index in [4.69, 9.17) is 0 Å². The van der Waals surface area contributed by atoms with Crippen LogP contribution in [0.2, 0.25) is 0 Å². The molecule has 1 aliphatic rings. The smallest absolute Gasteiger partial charge is 0.0885 e. The van der Waals surface area contributed by atoms with Gasteiger partial charge in [0.2, 0.25) is 0 Å². The van der Waals surface area contributed by atoms with Crippen LogP contribution in [-0.4, -0.2) is 24.1 Å². The lowest BCUT2D eigenvalue weighted by Crippen LogP contribution is -2.47. The Morgan fingerprint density at radius 1 is 1.25 bits per heavy atom. The van der Waals surface area contributed by atoms with Crippen LogP contribution in [0, 0.1) is 0 Å². The van der Waals surface area contributed by atoms with Gasteiger partial charge in [-0.1, -0.05) is 13.3 Å². The number of unbranched alkanes of at least 4 members (excludes halogenated alkanes) is 1. The lowest BCUT2D eigenvalue weighted by atomic mass is 10.1. The van der Waals surface area contributed by atoms with Crippen LogP contribution >= 0.6 is 0 Å². The number of rotatable bonds is 4. The molecule has 0 spiro atoms. The molecule has 1 fully saturated rings. The van der Waals surface area contributed by atoms with Crippen molar-refractivity contribution in [3.05, 3.63) is 12.8 Å². The third-order valence-electron chi connectivity index (χ3n) is 3.05. The fraction of sp³-hybridized carbons (Fsp3) is 0.818. The Kier molecular flexibility index (Phi) is 3.80. The lowest BCUT2D eigenvalue weighted by molar-refractivity contribution is -0.884. The summed E-state index contributed by atoms with van der Waals surface area (Å²) in [5, 5.41) is 0. The van der Waals surface area contributed by atoms with Crippen molar-refractivity contribution in [1.82, 2.24) is 0 Å². The van der Waals surface area contributed by atoms with Gasteiger partial charge in [-0.05, 0) is 32.3 Å². The topological polar surface area (TPSA) is 0 Å². The van der Waals surface area contributed by atoms with Crippen LogP contribution in [0.4, 0.5) is 0 Å². The zero-order valence-electron chi connectivity index (χ0n) is 8.39. The normalized spacial score (nSPS) is 22.1. The second kappa shape index (κ2) is 4.66. The van der Waals surface area contributed by atoms with Crippen molar-refractivity contribution < 1.29 is 4.48 Å². The van der Waals surface area contributed by atoms with Crippen LogP contribution < -0.4 is 0 Å². The van der Waals surface area contributed by atoms with Crippen LogP contribution in [0.3, 0.4) is 0 Å². The van der Waals surface area contributed by atoms with Crippen LogP contribution in [0.1, 0.15) is 39.0 Å². The largest absolute Gasteiger partial charge is 0.298 e. The van der Waals surface area contributed by atoms with Crippen molar-refractivity contribution in [3.8, 4) is 0 Å². The van der Waals surface area contributed by atoms with Crippen molar-refractivity contribution in [3.63, 3.8) is 0 Å². The Hall–Kier alpha value is -0.300. The molecule has 0 bridgehead atoms. The molecule has 1 nitrogen and oxygen atoms in total. The standard InChI is InChI=1S/C11H22N/c1-3-5-9-12(4-2)10-7-6-8-11-12/h4H,2-3,5-11H2,1H3/q+1. The third-order valence-corrected chi connectivity index (χ3v) is 3.05. The highest BCUT2D eigenvalue weighted by molar-refractivity contribution is 4.62. The predicted octanol–water partition coefficient (Wildman–Crippen LogP) is 2.93. The second-order valence-electron chi connectivity index (χ2n) is 3.99. The average Bonchev–Trinajstić information content (AvgIpc) is 2.16. The van der Waals surface area contributed by atoms with Gasteiger partial charge in [-0.2, -0.15) is 0 Å². The summed E-state index contributed by atoms with van der Waals surface area (Å²) in [7, 11) is 0. The van der Waals surface area contributed by atoms with E-state index in [0.29, 0.717) is 0 Å². The van der Waals surface area contributed by atoms with E-state index in [2.05, 4.69) is 19.7 Å². The molecule has 1 rings (SSSR count). The maximum absolute atomic E-state index is 3.98. The minimum atomic E-state index is 1.19. The first kappa shape index (κ1) is 9.79. The van der Waals surface area contributed by atoms with E-state index in [0.717, 1.165) is 0 Å². The highest BCUT2D eigenvalue weighted by Crippen LogP contribution is 2.20. The summed E-state index contributed by atoms with van der Waals surface area (Å²) in [6, 6.07) is 0. The SMILES string of the molecule is C=C[N+]1(CCCC)CCCCC1. The maximum Gasteiger partial charge on any atom is 0.0885 e. The molecule has 0 unspecified atom stereocenters. The Morgan fingerprint density at radius 2 is 1.92 bits per heavy atom. The molecule has 0 N–H and O–H groups in total. The van der Waals surface area contributed by atoms with Gasteiger partial charge in [0.05, 0.1) is 25.8 Å². The molecule has 1 heteroatoms. The molecular formula is C11H22N+. The van der Waals surface area contributed by atoms with Crippen molar-refractivity contribution in [2.75, 3.05) is 19.6 Å². The van der Waals surface area contributed by atoms with Crippen molar-refractivity contribution in [2.24, 2.45) is 0 Å². The summed E-state index contributed by atoms with van der Waals surface area (Å²) in [6.07, 6.45) is 9.07. The van der Waals surface area contributed by atoms with Gasteiger partial charge in [-0.3, -0.25) is 4.48 Å². The summed E-state index contributed by atoms with van der Waals surface area (Å²) in [5.41, 5.74) is 0. The second-order valence-corrected chi connectivity index (χ2v) is 3.99. The minimum absolute atomic E-state index is 1.19. The first-order valence-electron chi connectivity index (χ1n) is 5.32. The number of piperidine rings is 1. The number of quaternary nitrogens is 1. The summed E-state index contributed by atoms with van der Waals surface area (Å²) in [5.74, 6) is 0. The average molecular weight is 168 g/mol. The maximum atomic E-state index is 3.98. The molecule has 1 saturated heterocycles. The Balaban J connectivity index is 2.42. The van der Waals surface area contributed by atoms with E-state index in [1.807, 2.05) is 0 Å². The highest BCUT2D eigenvalue weighted by atomic mass is 15.3. The fourth-order valence-corrected chi connectivity index (χ4v) is 2.11. The van der Waals surface area contributed by atoms with Crippen molar-refractivity contribution >= 4 is 0 Å². The van der Waals surface area contributed by atoms with E-state index in [1.54, 1.807) is 0 Å². The zero-order chi connectivity index (χ0) is 8.86. The minimum Gasteiger partial charge on any atom is -0.298 e. The summed E-state index contributed by atoms with van der Waals surface area (Å²) < 4.78 is 1.19. The molecule has 0 saturated carbocycles. The molecule has 1 aliphatic heterocycles. The molecule has 70 valence electrons. The summed E-state index contributed by atoms with van der Waals surface area (Å²) in [6.45, 7) is 10.2. The molecule has 12 heavy (non-hydrogen) atoms. The monoisotopic (exact) mass is 168 g/mol. The fourth-order valence-electron chi connectivity index (χ4n) is 2.11. The third kappa shape index (κ3) is 2.34. The lowest BCUT2D eigenvalue weighted by Gasteiger charge is -2.37. The van der Waals surface area contributed by atoms with Gasteiger partial charge >= 0.3 is 0 Å². The van der Waals surface area contributed by atoms with Gasteiger partial charge < -0.3 is 0 Å². The zero-order valence-corrected chi connectivity index (χ0v) is 8.39. The predicted molar refractivity (Wildman–Crippen MR) is 53.8 cm³/mol. The van der Waals surface area contributed by atoms with Gasteiger partial charge in [-0.15, -0.1) is 0 Å². The number of nitrogens with zero attached hydrogens (tertiary/aromatic N) is 1. The van der Waals surface area contributed by atoms with Crippen LogP contribution in [0.5, 0.6) is 0 Å². The Morgan fingerprint density at radius 3 is 2.42 bits per heavy atom. The van der Waals surface area contributed by atoms with Gasteiger partial charge in [0.1, 0.15) is 0 Å². The summed E-state index contributed by atoms with van der Waals surface area (Å²) in [4.78, 5) is 0. The van der Waals surface area contributed by atoms with Gasteiger partial charge in [0.25, 0.3) is 0 Å². The van der Waals surface area contributed by atoms with Crippen LogP contribution in [-0.2, 0) is 0 Å². The van der Waals surface area contributed by atoms with E-state index < -0.39 is 0 Å². The first-order valence-corrected chi connectivity index (χ1v) is 5.32. The van der Waals surface area contributed by atoms with Crippen LogP contribution in [0.15, 0.2) is 12.8 Å². The van der Waals surface area contributed by atoms with Gasteiger partial charge in [0, 0.05) is 0 Å². The molecule has 0 atom stereocenters. The van der Waals surface area contributed by atoms with Gasteiger partial charge in [-0.25, -0.2) is 0 Å². The van der Waals surface area contributed by atoms with E-state index in [1.165, 1.54) is 56.2 Å². The molecule has 0 amide bonds. The van der Waals surface area contributed by atoms with E-state index in [-0.39, 0.29) is 0 Å². The van der Waals surface area contributed by atoms with Crippen molar-refractivity contribution in [1.29, 1.82) is 0 Å². The molecular weight excluding hydrogens is 146 g/mol. The van der Waals surface area contributed by atoms with E-state index >= 15 is 0 Å². The Labute approximate surface area is 76.7 Å². The Bertz CT molecular complexity index is 134. The highest BCUT2D eigenvalue weighted by Gasteiger charge is 2.25. The molecule has 0 aromatic heterocycles. The van der Waals surface area contributed by atoms with E-state index in [9.17, 15) is 0 Å². The quantitative estimate of drug-likeness (QED) is 0.566. The number of hydrogen-bond donors (Lipinski definition) is 0. The summed E-state index contributed by atoms with van der Waals surface area (Å²) >= 11 is 0. The van der Waals surface area contributed by atoms with Crippen LogP contribution in [0.25, 0.3) is 0 Å². The first-order chi connectivity index (χ1) is 5.83. The number of likely N-dealkylation sites (tertiary alicyclic amines) is 1.